The summed E-state index contributed by atoms with van der Waals surface area (Å²) in [5.41, 5.74) is 0.989. The van der Waals surface area contributed by atoms with Crippen LogP contribution in [0.25, 0.3) is 0 Å². The molecule has 78 valence electrons. The van der Waals surface area contributed by atoms with Gasteiger partial charge in [0, 0.05) is 19.9 Å². The highest BCUT2D eigenvalue weighted by Gasteiger charge is 2.16. The number of pyridine rings is 1. The van der Waals surface area contributed by atoms with Crippen molar-refractivity contribution in [1.29, 1.82) is 0 Å². The molecule has 0 aliphatic rings. The van der Waals surface area contributed by atoms with E-state index < -0.39 is 0 Å². The average molecular weight is 194 g/mol. The lowest BCUT2D eigenvalue weighted by atomic mass is 10.1. The van der Waals surface area contributed by atoms with Crippen LogP contribution in [-0.2, 0) is 4.74 Å². The number of anilines is 1. The molecule has 0 saturated heterocycles. The van der Waals surface area contributed by atoms with Crippen LogP contribution in [0.3, 0.4) is 0 Å². The minimum Gasteiger partial charge on any atom is -0.377 e. The van der Waals surface area contributed by atoms with Crippen LogP contribution < -0.4 is 5.32 Å². The quantitative estimate of drug-likeness (QED) is 0.798. The molecule has 1 aromatic rings. The highest BCUT2D eigenvalue weighted by atomic mass is 16.5. The number of nitrogens with one attached hydrogen (secondary N) is 1. The zero-order valence-electron chi connectivity index (χ0n) is 9.29. The average Bonchev–Trinajstić information content (AvgIpc) is 2.17. The minimum atomic E-state index is -0.163. The van der Waals surface area contributed by atoms with Gasteiger partial charge < -0.3 is 10.1 Å². The summed E-state index contributed by atoms with van der Waals surface area (Å²) in [5, 5.41) is 3.27. The smallest absolute Gasteiger partial charge is 0.128 e. The summed E-state index contributed by atoms with van der Waals surface area (Å²) in [6, 6.07) is 3.97. The van der Waals surface area contributed by atoms with Crippen LogP contribution >= 0.6 is 0 Å². The highest BCUT2D eigenvalue weighted by molar-refractivity contribution is 5.42. The third kappa shape index (κ3) is 3.00. The Balaban J connectivity index is 2.58. The molecule has 0 aliphatic heterocycles. The Hall–Kier alpha value is -1.09. The lowest BCUT2D eigenvalue weighted by molar-refractivity contribution is 0.0343. The molecule has 0 aromatic carbocycles. The molecule has 0 atom stereocenters. The van der Waals surface area contributed by atoms with Crippen molar-refractivity contribution in [2.24, 2.45) is 0 Å². The maximum Gasteiger partial charge on any atom is 0.128 e. The zero-order chi connectivity index (χ0) is 10.6. The van der Waals surface area contributed by atoms with Crippen LogP contribution in [0.15, 0.2) is 18.3 Å². The third-order valence-corrected chi connectivity index (χ3v) is 2.24. The van der Waals surface area contributed by atoms with Crippen LogP contribution in [-0.4, -0.2) is 24.2 Å². The molecule has 0 radical (unpaired) electrons. The van der Waals surface area contributed by atoms with Crippen molar-refractivity contribution in [2.45, 2.75) is 26.4 Å². The monoisotopic (exact) mass is 194 g/mol. The summed E-state index contributed by atoms with van der Waals surface area (Å²) in [7, 11) is 1.72. The molecule has 0 fully saturated rings. The zero-order valence-corrected chi connectivity index (χ0v) is 9.29. The topological polar surface area (TPSA) is 34.1 Å². The molecule has 3 nitrogen and oxygen atoms in total. The van der Waals surface area contributed by atoms with Crippen LogP contribution in [0.5, 0.6) is 0 Å². The summed E-state index contributed by atoms with van der Waals surface area (Å²) >= 11 is 0. The van der Waals surface area contributed by atoms with Crippen LogP contribution in [0.1, 0.15) is 19.4 Å². The Labute approximate surface area is 85.5 Å². The second kappa shape index (κ2) is 4.42. The van der Waals surface area contributed by atoms with E-state index >= 15 is 0 Å². The van der Waals surface area contributed by atoms with Crippen molar-refractivity contribution < 1.29 is 4.74 Å². The molecular formula is C11H18N2O. The standard InChI is InChI=1S/C11H18N2O/c1-9-6-5-7-12-10(9)13-8-11(2,3)14-4/h5-7H,8H2,1-4H3,(H,12,13). The first-order chi connectivity index (χ1) is 6.55. The number of ether oxygens (including phenoxy) is 1. The fraction of sp³-hybridized carbons (Fsp3) is 0.545. The largest absolute Gasteiger partial charge is 0.377 e. The van der Waals surface area contributed by atoms with E-state index in [-0.39, 0.29) is 5.60 Å². The summed E-state index contributed by atoms with van der Waals surface area (Å²) in [5.74, 6) is 0.928. The molecule has 0 unspecified atom stereocenters. The second-order valence-corrected chi connectivity index (χ2v) is 3.99. The molecule has 0 saturated carbocycles. The van der Waals surface area contributed by atoms with Crippen LogP contribution in [0, 0.1) is 6.92 Å². The molecule has 14 heavy (non-hydrogen) atoms. The predicted molar refractivity (Wildman–Crippen MR) is 58.6 cm³/mol. The number of aromatic nitrogens is 1. The van der Waals surface area contributed by atoms with Crippen LogP contribution in [0.2, 0.25) is 0 Å². The number of methoxy groups -OCH3 is 1. The maximum atomic E-state index is 5.31. The Bertz CT molecular complexity index is 297. The maximum absolute atomic E-state index is 5.31. The normalized spacial score (nSPS) is 11.4. The minimum absolute atomic E-state index is 0.163. The number of aryl methyl sites for hydroxylation is 1. The second-order valence-electron chi connectivity index (χ2n) is 3.99. The first-order valence-corrected chi connectivity index (χ1v) is 4.76. The van der Waals surface area contributed by atoms with Crippen molar-refractivity contribution in [3.63, 3.8) is 0 Å². The van der Waals surface area contributed by atoms with Gasteiger partial charge in [0.25, 0.3) is 0 Å². The van der Waals surface area contributed by atoms with E-state index in [9.17, 15) is 0 Å². The Morgan fingerprint density at radius 1 is 1.50 bits per heavy atom. The van der Waals surface area contributed by atoms with Gasteiger partial charge in [0.05, 0.1) is 5.60 Å². The number of hydrogen-bond acceptors (Lipinski definition) is 3. The number of hydrogen-bond donors (Lipinski definition) is 1. The van der Waals surface area contributed by atoms with Gasteiger partial charge in [-0.1, -0.05) is 6.07 Å². The molecule has 1 rings (SSSR count). The Morgan fingerprint density at radius 3 is 2.79 bits per heavy atom. The fourth-order valence-electron chi connectivity index (χ4n) is 1.04. The summed E-state index contributed by atoms with van der Waals surface area (Å²) in [6.07, 6.45) is 1.79. The van der Waals surface area contributed by atoms with Gasteiger partial charge in [-0.25, -0.2) is 4.98 Å². The molecular weight excluding hydrogens is 176 g/mol. The van der Waals surface area contributed by atoms with E-state index in [1.165, 1.54) is 0 Å². The first-order valence-electron chi connectivity index (χ1n) is 4.76. The van der Waals surface area contributed by atoms with Gasteiger partial charge >= 0.3 is 0 Å². The van der Waals surface area contributed by atoms with Crippen molar-refractivity contribution in [3.8, 4) is 0 Å². The van der Waals surface area contributed by atoms with Gasteiger partial charge in [0.15, 0.2) is 0 Å². The summed E-state index contributed by atoms with van der Waals surface area (Å²) in [6.45, 7) is 6.87. The fourth-order valence-corrected chi connectivity index (χ4v) is 1.04. The molecule has 1 aromatic heterocycles. The summed E-state index contributed by atoms with van der Waals surface area (Å²) in [4.78, 5) is 4.25. The van der Waals surface area contributed by atoms with Crippen LogP contribution in [0.4, 0.5) is 5.82 Å². The van der Waals surface area contributed by atoms with Gasteiger partial charge in [0.2, 0.25) is 0 Å². The molecule has 1 N–H and O–H groups in total. The Kier molecular flexibility index (Phi) is 3.47. The van der Waals surface area contributed by atoms with E-state index in [4.69, 9.17) is 4.74 Å². The van der Waals surface area contributed by atoms with Crippen molar-refractivity contribution in [1.82, 2.24) is 4.98 Å². The first kappa shape index (κ1) is 11.0. The van der Waals surface area contributed by atoms with Crippen molar-refractivity contribution in [2.75, 3.05) is 19.0 Å². The van der Waals surface area contributed by atoms with E-state index in [1.54, 1.807) is 13.3 Å². The van der Waals surface area contributed by atoms with E-state index in [1.807, 2.05) is 32.9 Å². The lowest BCUT2D eigenvalue weighted by Crippen LogP contribution is -2.32. The predicted octanol–water partition coefficient (Wildman–Crippen LogP) is 2.23. The van der Waals surface area contributed by atoms with E-state index in [0.717, 1.165) is 17.9 Å². The molecule has 0 aliphatic carbocycles. The number of nitrogens with zero attached hydrogens (tertiary/aromatic N) is 1. The van der Waals surface area contributed by atoms with Gasteiger partial charge in [-0.2, -0.15) is 0 Å². The third-order valence-electron chi connectivity index (χ3n) is 2.24. The Morgan fingerprint density at radius 2 is 2.21 bits per heavy atom. The van der Waals surface area contributed by atoms with E-state index in [0.29, 0.717) is 0 Å². The van der Waals surface area contributed by atoms with E-state index in [2.05, 4.69) is 10.3 Å². The number of rotatable bonds is 4. The summed E-state index contributed by atoms with van der Waals surface area (Å²) < 4.78 is 5.31. The van der Waals surface area contributed by atoms with Gasteiger partial charge in [-0.05, 0) is 32.4 Å². The molecule has 0 amide bonds. The highest BCUT2D eigenvalue weighted by Crippen LogP contribution is 2.12. The van der Waals surface area contributed by atoms with Gasteiger partial charge in [-0.3, -0.25) is 0 Å². The van der Waals surface area contributed by atoms with Crippen molar-refractivity contribution in [3.05, 3.63) is 23.9 Å². The SMILES string of the molecule is COC(C)(C)CNc1ncccc1C. The van der Waals surface area contributed by atoms with Crippen molar-refractivity contribution >= 4 is 5.82 Å². The molecule has 0 bridgehead atoms. The molecule has 1 heterocycles. The molecule has 3 heteroatoms. The van der Waals surface area contributed by atoms with Gasteiger partial charge in [-0.15, -0.1) is 0 Å². The van der Waals surface area contributed by atoms with Gasteiger partial charge in [0.1, 0.15) is 5.82 Å². The molecule has 0 spiro atoms. The lowest BCUT2D eigenvalue weighted by Gasteiger charge is -2.23.